The first-order chi connectivity index (χ1) is 28.0. The van der Waals surface area contributed by atoms with E-state index in [0.717, 1.165) is 61.9 Å². The van der Waals surface area contributed by atoms with Gasteiger partial charge in [-0.05, 0) is 109 Å². The van der Waals surface area contributed by atoms with Gasteiger partial charge in [-0.1, -0.05) is 166 Å². The average molecular weight is 730 g/mol. The lowest BCUT2D eigenvalue weighted by atomic mass is 9.82. The molecule has 0 N–H and O–H groups in total. The molecule has 2 aliphatic rings. The number of para-hydroxylation sites is 1. The quantitative estimate of drug-likeness (QED) is 0.175. The third kappa shape index (κ3) is 5.33. The van der Waals surface area contributed by atoms with Gasteiger partial charge < -0.3 is 9.64 Å². The molecule has 9 aromatic rings. The van der Waals surface area contributed by atoms with E-state index in [1.165, 1.54) is 44.2 Å². The maximum Gasteiger partial charge on any atom is 0.143 e. The van der Waals surface area contributed by atoms with Crippen LogP contribution in [0.5, 0.6) is 11.5 Å². The minimum atomic E-state index is -0.150. The van der Waals surface area contributed by atoms with Gasteiger partial charge in [0.2, 0.25) is 0 Å². The first kappa shape index (κ1) is 33.2. The zero-order valence-electron chi connectivity index (χ0n) is 31.9. The van der Waals surface area contributed by atoms with Gasteiger partial charge in [0.1, 0.15) is 11.5 Å². The second-order valence-electron chi connectivity index (χ2n) is 15.7. The molecule has 0 atom stereocenters. The molecule has 11 rings (SSSR count). The van der Waals surface area contributed by atoms with Gasteiger partial charge in [0, 0.05) is 33.5 Å². The zero-order valence-corrected chi connectivity index (χ0v) is 31.9. The summed E-state index contributed by atoms with van der Waals surface area (Å²) in [5, 5.41) is 2.39. The number of anilines is 3. The normalized spacial score (nSPS) is 13.0. The maximum absolute atomic E-state index is 7.26. The number of hydrogen-bond donors (Lipinski definition) is 0. The van der Waals surface area contributed by atoms with Crippen LogP contribution in [0.15, 0.2) is 200 Å². The highest BCUT2D eigenvalue weighted by Gasteiger charge is 2.36. The van der Waals surface area contributed by atoms with Gasteiger partial charge in [0.05, 0.1) is 5.69 Å². The van der Waals surface area contributed by atoms with Crippen LogP contribution in [0, 0.1) is 0 Å². The summed E-state index contributed by atoms with van der Waals surface area (Å²) in [5.41, 5.74) is 17.4. The van der Waals surface area contributed by atoms with Gasteiger partial charge in [-0.25, -0.2) is 0 Å². The van der Waals surface area contributed by atoms with Gasteiger partial charge in [0.15, 0.2) is 0 Å². The fraction of sp³-hybridized carbons (Fsp3) is 0.0545. The number of nitrogens with zero attached hydrogens (tertiary/aromatic N) is 1. The topological polar surface area (TPSA) is 12.5 Å². The van der Waals surface area contributed by atoms with E-state index in [0.29, 0.717) is 0 Å². The number of fused-ring (bicyclic) bond motifs is 9. The van der Waals surface area contributed by atoms with E-state index in [-0.39, 0.29) is 5.41 Å². The Bertz CT molecular complexity index is 3000. The van der Waals surface area contributed by atoms with E-state index in [1.54, 1.807) is 0 Å². The van der Waals surface area contributed by atoms with Gasteiger partial charge in [-0.2, -0.15) is 0 Å². The lowest BCUT2D eigenvalue weighted by molar-refractivity contribution is 0.489. The number of rotatable bonds is 5. The first-order valence-electron chi connectivity index (χ1n) is 19.8. The van der Waals surface area contributed by atoms with E-state index in [4.69, 9.17) is 4.74 Å². The van der Waals surface area contributed by atoms with E-state index < -0.39 is 0 Å². The minimum Gasteiger partial charge on any atom is -0.455 e. The van der Waals surface area contributed by atoms with Crippen LogP contribution in [0.2, 0.25) is 0 Å². The van der Waals surface area contributed by atoms with Gasteiger partial charge in [0.25, 0.3) is 0 Å². The van der Waals surface area contributed by atoms with Crippen LogP contribution in [0.25, 0.3) is 66.4 Å². The fourth-order valence-corrected chi connectivity index (χ4v) is 9.24. The molecule has 1 aliphatic carbocycles. The lowest BCUT2D eigenvalue weighted by Gasteiger charge is -2.30. The molecule has 0 fully saturated rings. The Balaban J connectivity index is 1.18. The van der Waals surface area contributed by atoms with Crippen molar-refractivity contribution >= 4 is 27.8 Å². The highest BCUT2D eigenvalue weighted by Crippen LogP contribution is 2.56. The molecule has 0 saturated heterocycles. The standard InChI is InChI=1S/C55H39NO/c1-55(2)49-24-12-11-21-44(49)45-32-31-42(35-50(45)55)56(41-29-27-37(28-30-41)36-15-5-3-6-16-36)51-25-14-26-52-53(51)48-34-40-20-10-9-19-39(40)33-47(48)46-23-13-22-43(54(46)57-52)38-17-7-4-8-18-38/h3-35H,1-2H3. The predicted molar refractivity (Wildman–Crippen MR) is 238 cm³/mol. The van der Waals surface area contributed by atoms with Crippen molar-refractivity contribution in [1.29, 1.82) is 0 Å². The van der Waals surface area contributed by atoms with Crippen LogP contribution in [0.1, 0.15) is 25.0 Å². The third-order valence-electron chi connectivity index (χ3n) is 12.1. The van der Waals surface area contributed by atoms with Gasteiger partial charge >= 0.3 is 0 Å². The van der Waals surface area contributed by atoms with Crippen molar-refractivity contribution in [3.8, 4) is 67.1 Å². The van der Waals surface area contributed by atoms with Crippen molar-refractivity contribution in [2.24, 2.45) is 0 Å². The zero-order chi connectivity index (χ0) is 38.1. The highest BCUT2D eigenvalue weighted by molar-refractivity contribution is 6.05. The fourth-order valence-electron chi connectivity index (χ4n) is 9.24. The Kier molecular flexibility index (Phi) is 7.55. The molecule has 57 heavy (non-hydrogen) atoms. The second kappa shape index (κ2) is 13.0. The van der Waals surface area contributed by atoms with Gasteiger partial charge in [-0.3, -0.25) is 0 Å². The third-order valence-corrected chi connectivity index (χ3v) is 12.1. The Morgan fingerprint density at radius 3 is 1.74 bits per heavy atom. The molecule has 1 aliphatic heterocycles. The molecule has 0 radical (unpaired) electrons. The Morgan fingerprint density at radius 1 is 0.386 bits per heavy atom. The summed E-state index contributed by atoms with van der Waals surface area (Å²) in [5.74, 6) is 1.69. The Morgan fingerprint density at radius 2 is 0.965 bits per heavy atom. The van der Waals surface area contributed by atoms with E-state index in [9.17, 15) is 0 Å². The minimum absolute atomic E-state index is 0.150. The molecule has 1 heterocycles. The summed E-state index contributed by atoms with van der Waals surface area (Å²) in [6, 6.07) is 72.5. The molecule has 270 valence electrons. The van der Waals surface area contributed by atoms with Crippen LogP contribution in [0.3, 0.4) is 0 Å². The lowest BCUT2D eigenvalue weighted by Crippen LogP contribution is -2.17. The number of benzene rings is 9. The van der Waals surface area contributed by atoms with Crippen LogP contribution >= 0.6 is 0 Å². The van der Waals surface area contributed by atoms with Crippen molar-refractivity contribution < 1.29 is 4.74 Å². The van der Waals surface area contributed by atoms with Crippen LogP contribution < -0.4 is 9.64 Å². The van der Waals surface area contributed by atoms with Crippen molar-refractivity contribution in [3.05, 3.63) is 211 Å². The molecular weight excluding hydrogens is 691 g/mol. The molecule has 2 heteroatoms. The molecule has 0 spiro atoms. The summed E-state index contributed by atoms with van der Waals surface area (Å²) in [6.45, 7) is 4.71. The van der Waals surface area contributed by atoms with Crippen molar-refractivity contribution in [2.45, 2.75) is 19.3 Å². The maximum atomic E-state index is 7.26. The summed E-state index contributed by atoms with van der Waals surface area (Å²) in [6.07, 6.45) is 0. The molecule has 0 aromatic heterocycles. The first-order valence-corrected chi connectivity index (χ1v) is 19.8. The van der Waals surface area contributed by atoms with E-state index >= 15 is 0 Å². The molecular formula is C55H39NO. The Labute approximate surface area is 333 Å². The largest absolute Gasteiger partial charge is 0.455 e. The van der Waals surface area contributed by atoms with E-state index in [2.05, 4.69) is 219 Å². The van der Waals surface area contributed by atoms with Crippen LogP contribution in [-0.4, -0.2) is 0 Å². The van der Waals surface area contributed by atoms with Crippen molar-refractivity contribution in [2.75, 3.05) is 4.90 Å². The SMILES string of the molecule is CC1(C)c2ccccc2-c2ccc(N(c3ccc(-c4ccccc4)cc3)c3cccc4c3-c3cc5ccccc5cc3-c3cccc(-c5ccccc5)c3O4)cc21. The molecule has 0 saturated carbocycles. The highest BCUT2D eigenvalue weighted by atomic mass is 16.5. The monoisotopic (exact) mass is 729 g/mol. The summed E-state index contributed by atoms with van der Waals surface area (Å²) in [7, 11) is 0. The molecule has 9 aromatic carbocycles. The number of ether oxygens (including phenoxy) is 1. The molecule has 0 unspecified atom stereocenters. The summed E-state index contributed by atoms with van der Waals surface area (Å²) in [4.78, 5) is 2.43. The van der Waals surface area contributed by atoms with Crippen molar-refractivity contribution in [1.82, 2.24) is 0 Å². The Hall–Kier alpha value is -7.16. The van der Waals surface area contributed by atoms with E-state index in [1.807, 2.05) is 0 Å². The average Bonchev–Trinajstić information content (AvgIpc) is 3.39. The molecule has 2 nitrogen and oxygen atoms in total. The smallest absolute Gasteiger partial charge is 0.143 e. The molecule has 0 bridgehead atoms. The van der Waals surface area contributed by atoms with Crippen molar-refractivity contribution in [3.63, 3.8) is 0 Å². The number of hydrogen-bond acceptors (Lipinski definition) is 2. The van der Waals surface area contributed by atoms with Crippen LogP contribution in [-0.2, 0) is 5.41 Å². The summed E-state index contributed by atoms with van der Waals surface area (Å²) < 4.78 is 7.26. The second-order valence-corrected chi connectivity index (χ2v) is 15.7. The predicted octanol–water partition coefficient (Wildman–Crippen LogP) is 15.4. The molecule has 0 amide bonds. The van der Waals surface area contributed by atoms with Crippen LogP contribution in [0.4, 0.5) is 17.1 Å². The summed E-state index contributed by atoms with van der Waals surface area (Å²) >= 11 is 0. The van der Waals surface area contributed by atoms with Gasteiger partial charge in [-0.15, -0.1) is 0 Å².